The monoisotopic (exact) mass is 907 g/mol. The Morgan fingerprint density at radius 2 is 1.52 bits per heavy atom. The lowest BCUT2D eigenvalue weighted by Crippen LogP contribution is -2.35. The van der Waals surface area contributed by atoms with Crippen molar-refractivity contribution in [3.63, 3.8) is 0 Å². The Balaban J connectivity index is 0.000000215. The van der Waals surface area contributed by atoms with Crippen molar-refractivity contribution >= 4 is 50.7 Å². The van der Waals surface area contributed by atoms with Crippen LogP contribution in [-0.2, 0) is 65.6 Å². The second-order valence-corrected chi connectivity index (χ2v) is 18.2. The van der Waals surface area contributed by atoms with E-state index in [1.54, 1.807) is 43.3 Å². The molecule has 6 aromatic rings. The Labute approximate surface area is 365 Å². The molecule has 10 rings (SSSR count). The van der Waals surface area contributed by atoms with Gasteiger partial charge in [0.05, 0.1) is 33.0 Å². The number of rotatable bonds is 10. The lowest BCUT2D eigenvalue weighted by molar-refractivity contribution is -0.142. The first-order valence-corrected chi connectivity index (χ1v) is 21.5. The maximum atomic E-state index is 13.1. The third-order valence-corrected chi connectivity index (χ3v) is 12.4. The number of H-pyrrole nitrogens is 2. The van der Waals surface area contributed by atoms with Crippen LogP contribution < -0.4 is 26.7 Å². The molecule has 4 N–H and O–H groups in total. The van der Waals surface area contributed by atoms with Gasteiger partial charge in [-0.25, -0.2) is 4.98 Å². The molecule has 0 radical (unpaired) electrons. The highest BCUT2D eigenvalue weighted by Crippen LogP contribution is 2.40. The van der Waals surface area contributed by atoms with Gasteiger partial charge in [-0.15, -0.1) is 0 Å². The predicted molar refractivity (Wildman–Crippen MR) is 237 cm³/mol. The van der Waals surface area contributed by atoms with Gasteiger partial charge in [0.2, 0.25) is 0 Å². The third-order valence-electron chi connectivity index (χ3n) is 11.9. The average molecular weight is 909 g/mol. The minimum Gasteiger partial charge on any atom is -0.461 e. The number of carbonyl (C=O) groups is 1. The van der Waals surface area contributed by atoms with Crippen molar-refractivity contribution in [2.45, 2.75) is 65.1 Å². The van der Waals surface area contributed by atoms with Crippen molar-refractivity contribution < 1.29 is 19.0 Å². The van der Waals surface area contributed by atoms with E-state index in [1.165, 1.54) is 28.4 Å². The zero-order valence-electron chi connectivity index (χ0n) is 35.4. The van der Waals surface area contributed by atoms with Gasteiger partial charge in [-0.2, -0.15) is 10.2 Å². The highest BCUT2D eigenvalue weighted by atomic mass is 79.9. The molecular weight excluding hydrogens is 858 g/mol. The summed E-state index contributed by atoms with van der Waals surface area (Å²) < 4.78 is 22.4. The molecule has 0 bridgehead atoms. The van der Waals surface area contributed by atoms with Crippen molar-refractivity contribution in [1.29, 1.82) is 0 Å². The summed E-state index contributed by atoms with van der Waals surface area (Å²) >= 11 is 3.36. The van der Waals surface area contributed by atoms with Crippen LogP contribution in [0.4, 0.5) is 28.8 Å². The predicted octanol–water partition coefficient (Wildman–Crippen LogP) is 5.77. The number of fused-ring (bicyclic) bond motifs is 3. The number of nitrogens with zero attached hydrogens (tertiary/aromatic N) is 7. The highest BCUT2D eigenvalue weighted by Gasteiger charge is 2.34. The van der Waals surface area contributed by atoms with Crippen molar-refractivity contribution in [3.05, 3.63) is 114 Å². The summed E-state index contributed by atoms with van der Waals surface area (Å²) in [6, 6.07) is 11.7. The summed E-state index contributed by atoms with van der Waals surface area (Å²) in [6.45, 7) is 11.3. The van der Waals surface area contributed by atoms with Crippen LogP contribution in [0.3, 0.4) is 0 Å². The quantitative estimate of drug-likeness (QED) is 0.122. The Hall–Kier alpha value is -5.98. The summed E-state index contributed by atoms with van der Waals surface area (Å²) in [6.07, 6.45) is 7.52. The molecule has 0 unspecified atom stereocenters. The van der Waals surface area contributed by atoms with Gasteiger partial charge in [0.25, 0.3) is 11.1 Å². The normalized spacial score (nSPS) is 16.7. The topological polar surface area (TPSA) is 191 Å². The molecule has 18 heteroatoms. The van der Waals surface area contributed by atoms with Crippen molar-refractivity contribution in [3.8, 4) is 11.1 Å². The minimum absolute atomic E-state index is 0.0772. The van der Waals surface area contributed by atoms with E-state index in [4.69, 9.17) is 19.2 Å². The van der Waals surface area contributed by atoms with Gasteiger partial charge in [0.15, 0.2) is 11.6 Å². The average Bonchev–Trinajstić information content (AvgIpc) is 3.97. The smallest absolute Gasteiger partial charge is 0.302 e. The molecule has 9 heterocycles. The SMILES string of the molecule is CC(=O)OCc1c(-c2cc(Nc3cc(C4COC4)[nH]n3)c(=O)n(C)c2)ccnc1N1CCn2c(cc3c2CC(C)(C)C3)C1.Cn1cc(Br)cc(Nc2cc(C3COC3)[nH]n2)c1=O. The van der Waals surface area contributed by atoms with Gasteiger partial charge in [0.1, 0.15) is 23.8 Å². The van der Waals surface area contributed by atoms with Gasteiger partial charge in [-0.3, -0.25) is 24.6 Å². The number of carbonyl (C=O) groups excluding carboxylic acids is 1. The summed E-state index contributed by atoms with van der Waals surface area (Å²) in [4.78, 5) is 44.1. The number of nitrogens with one attached hydrogen (secondary N) is 4. The summed E-state index contributed by atoms with van der Waals surface area (Å²) in [7, 11) is 3.44. The van der Waals surface area contributed by atoms with Crippen LogP contribution in [0.15, 0.2) is 69.1 Å². The second-order valence-electron chi connectivity index (χ2n) is 17.3. The minimum atomic E-state index is -0.360. The van der Waals surface area contributed by atoms with E-state index in [9.17, 15) is 14.4 Å². The molecule has 17 nitrogen and oxygen atoms in total. The van der Waals surface area contributed by atoms with Gasteiger partial charge in [-0.1, -0.05) is 13.8 Å². The van der Waals surface area contributed by atoms with Gasteiger partial charge in [-0.05, 0) is 69.6 Å². The van der Waals surface area contributed by atoms with E-state index in [0.717, 1.165) is 84.1 Å². The number of esters is 1. The largest absolute Gasteiger partial charge is 0.461 e. The Kier molecular flexibility index (Phi) is 11.2. The molecule has 62 heavy (non-hydrogen) atoms. The molecule has 2 fully saturated rings. The molecule has 4 aliphatic rings. The van der Waals surface area contributed by atoms with Crippen LogP contribution in [0.25, 0.3) is 11.1 Å². The van der Waals surface area contributed by atoms with Crippen LogP contribution in [0, 0.1) is 5.41 Å². The summed E-state index contributed by atoms with van der Waals surface area (Å²) in [5, 5.41) is 20.8. The third kappa shape index (κ3) is 8.45. The number of aryl methyl sites for hydroxylation is 2. The number of hydrogen-bond donors (Lipinski definition) is 4. The fourth-order valence-corrected chi connectivity index (χ4v) is 9.10. The lowest BCUT2D eigenvalue weighted by atomic mass is 9.90. The number of aromatic nitrogens is 8. The number of halogens is 1. The first kappa shape index (κ1) is 41.4. The van der Waals surface area contributed by atoms with Gasteiger partial charge < -0.3 is 43.4 Å². The maximum Gasteiger partial charge on any atom is 0.302 e. The fourth-order valence-electron chi connectivity index (χ4n) is 8.56. The Morgan fingerprint density at radius 1 is 0.887 bits per heavy atom. The number of aromatic amines is 2. The molecular formula is C44H50BrN11O6. The highest BCUT2D eigenvalue weighted by molar-refractivity contribution is 9.10. The van der Waals surface area contributed by atoms with E-state index in [0.29, 0.717) is 53.5 Å². The molecule has 3 aliphatic heterocycles. The molecule has 324 valence electrons. The fraction of sp³-hybridized carbons (Fsp3) is 0.409. The van der Waals surface area contributed by atoms with Crippen molar-refractivity contribution in [2.24, 2.45) is 19.5 Å². The van der Waals surface area contributed by atoms with Crippen LogP contribution in [-0.4, -0.2) is 78.0 Å². The first-order valence-electron chi connectivity index (χ1n) is 20.7. The standard InChI is InChI=1S/C32H37N7O4.C12H13BrN4O2/c1-19(40)43-18-25-24(21-10-27(31(41)37(4)14-21)34-29-11-26(35-36-29)22-16-42-17-22)5-6-33-30(25)38-7-8-39-23(15-38)9-20-12-32(2,3)13-28(20)39;1-17-4-8(13)2-10(12(17)18)14-11-3-9(15-16-11)7-5-19-6-7/h5-6,9-11,14,22H,7-8,12-13,15-18H2,1-4H3,(H2,34,35,36);2-4,7H,5-6H2,1H3,(H2,14,15,16). The number of ether oxygens (including phenoxy) is 3. The zero-order chi connectivity index (χ0) is 43.3. The number of pyridine rings is 3. The maximum absolute atomic E-state index is 13.1. The van der Waals surface area contributed by atoms with Crippen LogP contribution >= 0.6 is 15.9 Å². The van der Waals surface area contributed by atoms with E-state index in [1.807, 2.05) is 24.3 Å². The molecule has 0 atom stereocenters. The van der Waals surface area contributed by atoms with Crippen molar-refractivity contribution in [2.75, 3.05) is 48.5 Å². The second kappa shape index (κ2) is 16.7. The molecule has 0 amide bonds. The van der Waals surface area contributed by atoms with E-state index in [2.05, 4.69) is 76.3 Å². The van der Waals surface area contributed by atoms with Crippen LogP contribution in [0.5, 0.6) is 0 Å². The van der Waals surface area contributed by atoms with E-state index >= 15 is 0 Å². The molecule has 0 saturated carbocycles. The summed E-state index contributed by atoms with van der Waals surface area (Å²) in [5.74, 6) is 2.31. The molecule has 0 spiro atoms. The molecule has 0 aromatic carbocycles. The van der Waals surface area contributed by atoms with E-state index in [-0.39, 0.29) is 23.7 Å². The zero-order valence-corrected chi connectivity index (χ0v) is 37.0. The van der Waals surface area contributed by atoms with Gasteiger partial charge in [0, 0.05) is 115 Å². The van der Waals surface area contributed by atoms with Crippen molar-refractivity contribution in [1.82, 2.24) is 39.1 Å². The van der Waals surface area contributed by atoms with Gasteiger partial charge >= 0.3 is 5.97 Å². The Bertz CT molecular complexity index is 2770. The lowest BCUT2D eigenvalue weighted by Gasteiger charge is -2.33. The number of anilines is 5. The molecule has 1 aliphatic carbocycles. The number of hydrogen-bond acceptors (Lipinski definition) is 12. The van der Waals surface area contributed by atoms with Crippen LogP contribution in [0.2, 0.25) is 0 Å². The molecule has 6 aromatic heterocycles. The van der Waals surface area contributed by atoms with Crippen LogP contribution in [0.1, 0.15) is 66.5 Å². The first-order chi connectivity index (χ1) is 29.8. The Morgan fingerprint density at radius 3 is 2.13 bits per heavy atom. The molecule has 2 saturated heterocycles. The summed E-state index contributed by atoms with van der Waals surface area (Å²) in [5.41, 5.74) is 9.61. The van der Waals surface area contributed by atoms with E-state index < -0.39 is 0 Å².